The Balaban J connectivity index is 1.40. The van der Waals surface area contributed by atoms with Crippen molar-refractivity contribution in [1.29, 1.82) is 0 Å². The van der Waals surface area contributed by atoms with Crippen molar-refractivity contribution >= 4 is 18.2 Å². The number of fused-ring (bicyclic) bond motifs is 1. The Morgan fingerprint density at radius 1 is 1.11 bits per heavy atom. The van der Waals surface area contributed by atoms with Gasteiger partial charge in [0.15, 0.2) is 5.76 Å². The van der Waals surface area contributed by atoms with Crippen molar-refractivity contribution in [2.75, 3.05) is 0 Å². The van der Waals surface area contributed by atoms with Gasteiger partial charge in [0.2, 0.25) is 5.88 Å². The minimum absolute atomic E-state index is 0.284. The third-order valence-corrected chi connectivity index (χ3v) is 4.43. The summed E-state index contributed by atoms with van der Waals surface area (Å²) < 4.78 is 5.72. The number of carboxylic acids is 1. The molecule has 2 aromatic carbocycles. The van der Waals surface area contributed by atoms with Crippen LogP contribution in [-0.2, 0) is 19.5 Å². The van der Waals surface area contributed by atoms with E-state index in [-0.39, 0.29) is 5.56 Å². The molecular weight excluding hydrogens is 352 g/mol. The maximum Gasteiger partial charge on any atom is 0.335 e. The zero-order valence-corrected chi connectivity index (χ0v) is 15.1. The Bertz CT molecular complexity index is 1070. The third-order valence-electron chi connectivity index (χ3n) is 4.43. The van der Waals surface area contributed by atoms with Gasteiger partial charge in [0.25, 0.3) is 0 Å². The molecule has 3 aromatic rings. The van der Waals surface area contributed by atoms with Gasteiger partial charge in [-0.2, -0.15) is 0 Å². The fourth-order valence-electron chi connectivity index (χ4n) is 3.01. The largest absolute Gasteiger partial charge is 0.478 e. The van der Waals surface area contributed by atoms with E-state index in [4.69, 9.17) is 9.52 Å². The monoisotopic (exact) mass is 370 g/mol. The maximum absolute atomic E-state index is 10.9. The molecule has 0 aliphatic carbocycles. The number of nitrogens with zero attached hydrogens (tertiary/aromatic N) is 2. The molecule has 0 radical (unpaired) electrons. The average molecular weight is 370 g/mol. The molecule has 5 nitrogen and oxygen atoms in total. The molecule has 0 saturated heterocycles. The number of aromatic carboxylic acids is 1. The van der Waals surface area contributed by atoms with Crippen LogP contribution in [0, 0.1) is 11.8 Å². The summed E-state index contributed by atoms with van der Waals surface area (Å²) in [5.41, 5.74) is 3.47. The van der Waals surface area contributed by atoms with Crippen LogP contribution < -0.4 is 0 Å². The summed E-state index contributed by atoms with van der Waals surface area (Å²) in [4.78, 5) is 17.4. The van der Waals surface area contributed by atoms with E-state index in [9.17, 15) is 4.79 Å². The summed E-state index contributed by atoms with van der Waals surface area (Å²) in [5.74, 6) is 6.50. The minimum atomic E-state index is -0.921. The highest BCUT2D eigenvalue weighted by molar-refractivity contribution is 5.87. The van der Waals surface area contributed by atoms with E-state index in [1.165, 1.54) is 5.56 Å². The van der Waals surface area contributed by atoms with E-state index in [1.807, 2.05) is 48.5 Å². The number of aliphatic imine (C=N–C) groups is 1. The van der Waals surface area contributed by atoms with Gasteiger partial charge in [-0.15, -0.1) is 0 Å². The molecular formula is C23H18N2O3. The van der Waals surface area contributed by atoms with Gasteiger partial charge in [0.05, 0.1) is 11.9 Å². The predicted octanol–water partition coefficient (Wildman–Crippen LogP) is 4.25. The SMILES string of the molecule is O=C(O)c1ccc(CN2C=Nc3oc(C#CCc4ccccc4)cc3C2)cc1. The first kappa shape index (κ1) is 17.6. The lowest BCUT2D eigenvalue weighted by molar-refractivity contribution is 0.0697. The summed E-state index contributed by atoms with van der Waals surface area (Å²) in [7, 11) is 0. The first-order chi connectivity index (χ1) is 13.7. The lowest BCUT2D eigenvalue weighted by Crippen LogP contribution is -2.22. The van der Waals surface area contributed by atoms with E-state index in [0.717, 1.165) is 11.1 Å². The number of benzene rings is 2. The molecule has 138 valence electrons. The fourth-order valence-corrected chi connectivity index (χ4v) is 3.01. The van der Waals surface area contributed by atoms with Crippen molar-refractivity contribution in [1.82, 2.24) is 4.90 Å². The van der Waals surface area contributed by atoms with Gasteiger partial charge in [0, 0.05) is 31.1 Å². The maximum atomic E-state index is 10.9. The highest BCUT2D eigenvalue weighted by Crippen LogP contribution is 2.28. The Morgan fingerprint density at radius 3 is 2.64 bits per heavy atom. The van der Waals surface area contributed by atoms with E-state index < -0.39 is 5.97 Å². The number of hydrogen-bond donors (Lipinski definition) is 1. The molecule has 1 aliphatic rings. The Kier molecular flexibility index (Phi) is 4.94. The van der Waals surface area contributed by atoms with Crippen LogP contribution in [0.1, 0.15) is 32.8 Å². The van der Waals surface area contributed by atoms with Gasteiger partial charge in [0.1, 0.15) is 0 Å². The molecule has 1 aliphatic heterocycles. The molecule has 1 N–H and O–H groups in total. The zero-order chi connectivity index (χ0) is 19.3. The summed E-state index contributed by atoms with van der Waals surface area (Å²) in [6.07, 6.45) is 2.42. The van der Waals surface area contributed by atoms with E-state index in [0.29, 0.717) is 31.2 Å². The summed E-state index contributed by atoms with van der Waals surface area (Å²) >= 11 is 0. The van der Waals surface area contributed by atoms with Crippen LogP contribution in [0.5, 0.6) is 0 Å². The second kappa shape index (κ2) is 7.85. The van der Waals surface area contributed by atoms with E-state index in [2.05, 4.69) is 21.7 Å². The summed E-state index contributed by atoms with van der Waals surface area (Å²) in [6, 6.07) is 18.9. The smallest absolute Gasteiger partial charge is 0.335 e. The average Bonchev–Trinajstić information content (AvgIpc) is 3.11. The van der Waals surface area contributed by atoms with E-state index >= 15 is 0 Å². The second-order valence-corrected chi connectivity index (χ2v) is 6.56. The molecule has 0 fully saturated rings. The highest BCUT2D eigenvalue weighted by atomic mass is 16.4. The highest BCUT2D eigenvalue weighted by Gasteiger charge is 2.17. The first-order valence-electron chi connectivity index (χ1n) is 8.93. The molecule has 0 saturated carbocycles. The first-order valence-corrected chi connectivity index (χ1v) is 8.93. The zero-order valence-electron chi connectivity index (χ0n) is 15.1. The molecule has 0 atom stereocenters. The van der Waals surface area contributed by atoms with Crippen molar-refractivity contribution < 1.29 is 14.3 Å². The molecule has 5 heteroatoms. The van der Waals surface area contributed by atoms with E-state index in [1.54, 1.807) is 18.5 Å². The number of hydrogen-bond acceptors (Lipinski definition) is 4. The lowest BCUT2D eigenvalue weighted by atomic mass is 10.1. The summed E-state index contributed by atoms with van der Waals surface area (Å²) in [5, 5.41) is 8.98. The molecule has 2 heterocycles. The van der Waals surface area contributed by atoms with Crippen LogP contribution >= 0.6 is 0 Å². The van der Waals surface area contributed by atoms with Crippen molar-refractivity contribution in [2.24, 2.45) is 4.99 Å². The molecule has 1 aromatic heterocycles. The van der Waals surface area contributed by atoms with Crippen molar-refractivity contribution in [3.05, 3.63) is 88.7 Å². The molecule has 0 amide bonds. The number of furan rings is 1. The van der Waals surface area contributed by atoms with Crippen LogP contribution in [-0.4, -0.2) is 22.3 Å². The Hall–Kier alpha value is -3.78. The van der Waals surface area contributed by atoms with Gasteiger partial charge >= 0.3 is 5.97 Å². The number of rotatable bonds is 4. The number of carboxylic acid groups (broad SMARTS) is 1. The second-order valence-electron chi connectivity index (χ2n) is 6.56. The van der Waals surface area contributed by atoms with Gasteiger partial charge in [-0.25, -0.2) is 9.79 Å². The Labute approximate surface area is 162 Å². The molecule has 0 bridgehead atoms. The van der Waals surface area contributed by atoms with Crippen molar-refractivity contribution in [3.63, 3.8) is 0 Å². The third kappa shape index (κ3) is 4.13. The van der Waals surface area contributed by atoms with Gasteiger partial charge < -0.3 is 14.4 Å². The quantitative estimate of drug-likeness (QED) is 0.698. The molecule has 4 rings (SSSR count). The minimum Gasteiger partial charge on any atom is -0.478 e. The van der Waals surface area contributed by atoms with Crippen LogP contribution in [0.2, 0.25) is 0 Å². The van der Waals surface area contributed by atoms with Crippen LogP contribution in [0.4, 0.5) is 5.88 Å². The standard InChI is InChI=1S/C23H18N2O3/c26-23(27)19-11-9-18(10-12-19)14-25-15-20-13-21(28-22(20)24-16-25)8-4-7-17-5-2-1-3-6-17/h1-3,5-6,9-13,16H,7,14-15H2,(H,26,27). The van der Waals surface area contributed by atoms with Crippen LogP contribution in [0.25, 0.3) is 0 Å². The Morgan fingerprint density at radius 2 is 1.89 bits per heavy atom. The summed E-state index contributed by atoms with van der Waals surface area (Å²) in [6.45, 7) is 1.31. The van der Waals surface area contributed by atoms with Crippen molar-refractivity contribution in [3.8, 4) is 11.8 Å². The number of carbonyl (C=O) groups is 1. The lowest BCUT2D eigenvalue weighted by Gasteiger charge is -2.21. The van der Waals surface area contributed by atoms with Crippen molar-refractivity contribution in [2.45, 2.75) is 19.5 Å². The van der Waals surface area contributed by atoms with Gasteiger partial charge in [-0.05, 0) is 29.2 Å². The van der Waals surface area contributed by atoms with Crippen LogP contribution in [0.3, 0.4) is 0 Å². The van der Waals surface area contributed by atoms with Gasteiger partial charge in [-0.3, -0.25) is 0 Å². The predicted molar refractivity (Wildman–Crippen MR) is 107 cm³/mol. The fraction of sp³-hybridized carbons (Fsp3) is 0.130. The normalized spacial score (nSPS) is 12.2. The molecule has 28 heavy (non-hydrogen) atoms. The topological polar surface area (TPSA) is 66.0 Å². The molecule has 0 unspecified atom stereocenters. The molecule has 0 spiro atoms. The van der Waals surface area contributed by atoms with Crippen LogP contribution in [0.15, 0.2) is 70.1 Å². The van der Waals surface area contributed by atoms with Gasteiger partial charge in [-0.1, -0.05) is 48.4 Å².